The molecule has 3 aromatic rings. The molecule has 2 unspecified atom stereocenters. The molecule has 3 atom stereocenters. The van der Waals surface area contributed by atoms with E-state index in [1.54, 1.807) is 46.3 Å². The Hall–Kier alpha value is -3.12. The average Bonchev–Trinajstić information content (AvgIpc) is 3.52. The fourth-order valence-corrected chi connectivity index (χ4v) is 6.41. The van der Waals surface area contributed by atoms with Gasteiger partial charge in [-0.25, -0.2) is 9.97 Å². The molecule has 0 bridgehead atoms. The summed E-state index contributed by atoms with van der Waals surface area (Å²) in [5, 5.41) is 12.6. The summed E-state index contributed by atoms with van der Waals surface area (Å²) in [5.74, 6) is -0.519. The third-order valence-corrected chi connectivity index (χ3v) is 9.09. The molecule has 2 aliphatic rings. The van der Waals surface area contributed by atoms with Crippen molar-refractivity contribution in [2.24, 2.45) is 13.0 Å². The third kappa shape index (κ3) is 10.7. The van der Waals surface area contributed by atoms with E-state index in [1.165, 1.54) is 0 Å². The number of carboxylic acid groups (broad SMARTS) is 1. The summed E-state index contributed by atoms with van der Waals surface area (Å²) >= 11 is 0. The van der Waals surface area contributed by atoms with E-state index in [0.717, 1.165) is 43.4 Å². The summed E-state index contributed by atoms with van der Waals surface area (Å²) < 4.78 is 83.1. The van der Waals surface area contributed by atoms with Crippen LogP contribution in [0.5, 0.6) is 0 Å². The number of hydrogen-bond acceptors (Lipinski definition) is 6. The Morgan fingerprint density at radius 2 is 1.48 bits per heavy atom. The predicted molar refractivity (Wildman–Crippen MR) is 169 cm³/mol. The zero-order chi connectivity index (χ0) is 35.9. The van der Waals surface area contributed by atoms with Crippen molar-refractivity contribution in [2.45, 2.75) is 102 Å². The summed E-state index contributed by atoms with van der Waals surface area (Å²) in [4.78, 5) is 34.3. The van der Waals surface area contributed by atoms with Crippen molar-refractivity contribution < 1.29 is 72.2 Å². The van der Waals surface area contributed by atoms with Gasteiger partial charge in [0.2, 0.25) is 5.95 Å². The first-order chi connectivity index (χ1) is 23.1. The number of aliphatic carboxylic acids is 1. The zero-order valence-electron chi connectivity index (χ0n) is 28.0. The van der Waals surface area contributed by atoms with Gasteiger partial charge in [0.1, 0.15) is 0 Å². The number of alkyl halides is 6. The fourth-order valence-electron chi connectivity index (χ4n) is 6.41. The van der Waals surface area contributed by atoms with E-state index in [4.69, 9.17) is 5.11 Å². The molecule has 1 saturated carbocycles. The monoisotopic (exact) mass is 932 g/mol. The van der Waals surface area contributed by atoms with Crippen LogP contribution in [0.2, 0.25) is 0 Å². The fraction of sp³-hybridized carbons (Fsp3) is 0.529. The van der Waals surface area contributed by atoms with Crippen molar-refractivity contribution in [3.05, 3.63) is 66.1 Å². The average molecular weight is 933 g/mol. The van der Waals surface area contributed by atoms with Crippen LogP contribution in [0.4, 0.5) is 32.3 Å². The molecular weight excluding hydrogens is 892 g/mol. The maximum Gasteiger partial charge on any atom is 2.00 e. The number of carbonyl (C=O) groups is 1. The SMILES string of the molecule is CCC1CC(N(Cc2cc(C(F)(F)F)cc(C(F)(F)F)c2)c2ncc(-c3cnn(C)c3)cn2)C[C@@H](CC)N1[C-]=O.O=C(O)C1CC[CH-]CC1.[U+2]. The molecule has 270 valence electrons. The van der Waals surface area contributed by atoms with Crippen LogP contribution < -0.4 is 4.90 Å². The summed E-state index contributed by atoms with van der Waals surface area (Å²) in [6, 6.07) is 0.819. The van der Waals surface area contributed by atoms with Gasteiger partial charge >= 0.3 is 49.4 Å². The van der Waals surface area contributed by atoms with Gasteiger partial charge in [0.15, 0.2) is 0 Å². The third-order valence-electron chi connectivity index (χ3n) is 9.09. The Bertz CT molecular complexity index is 1500. The number of benzene rings is 1. The van der Waals surface area contributed by atoms with Crippen molar-refractivity contribution in [1.82, 2.24) is 24.6 Å². The Morgan fingerprint density at radius 3 is 1.88 bits per heavy atom. The van der Waals surface area contributed by atoms with Gasteiger partial charge in [-0.05, 0) is 49.4 Å². The van der Waals surface area contributed by atoms with Crippen LogP contribution >= 0.6 is 0 Å². The number of rotatable bonds is 9. The molecule has 16 heteroatoms. The molecule has 3 heterocycles. The smallest absolute Gasteiger partial charge is 0.520 e. The molecular formula is C34H40F6N6O3U. The number of likely N-dealkylation sites (tertiary alicyclic amines) is 1. The molecule has 2 fully saturated rings. The molecule has 0 spiro atoms. The first-order valence-corrected chi connectivity index (χ1v) is 16.2. The van der Waals surface area contributed by atoms with E-state index in [1.807, 2.05) is 20.3 Å². The van der Waals surface area contributed by atoms with Gasteiger partial charge in [-0.1, -0.05) is 26.7 Å². The molecule has 9 nitrogen and oxygen atoms in total. The first kappa shape index (κ1) is 41.3. The van der Waals surface area contributed by atoms with Crippen LogP contribution in [0.1, 0.15) is 81.9 Å². The number of amides is 1. The predicted octanol–water partition coefficient (Wildman–Crippen LogP) is 7.48. The van der Waals surface area contributed by atoms with E-state index >= 15 is 0 Å². The van der Waals surface area contributed by atoms with Crippen LogP contribution in [-0.2, 0) is 35.5 Å². The largest absolute Gasteiger partial charge is 2.00 e. The van der Waals surface area contributed by atoms with E-state index in [-0.39, 0.29) is 79.3 Å². The van der Waals surface area contributed by atoms with Crippen LogP contribution in [0.25, 0.3) is 11.1 Å². The summed E-state index contributed by atoms with van der Waals surface area (Å²) in [5.41, 5.74) is -1.53. The summed E-state index contributed by atoms with van der Waals surface area (Å²) in [6.07, 6.45) is 6.46. The quantitative estimate of drug-likeness (QED) is 0.176. The van der Waals surface area contributed by atoms with Crippen LogP contribution in [0.15, 0.2) is 43.0 Å². The van der Waals surface area contributed by atoms with Crippen LogP contribution in [0.3, 0.4) is 0 Å². The number of carbonyl (C=O) groups excluding carboxylic acids is 1. The second-order valence-electron chi connectivity index (χ2n) is 12.4. The number of carboxylic acids is 1. The molecule has 1 aliphatic heterocycles. The minimum Gasteiger partial charge on any atom is -0.520 e. The van der Waals surface area contributed by atoms with E-state index in [0.29, 0.717) is 31.2 Å². The van der Waals surface area contributed by atoms with E-state index in [9.17, 15) is 35.9 Å². The number of piperidine rings is 1. The molecule has 1 saturated heterocycles. The number of hydrogen-bond donors (Lipinski definition) is 1. The van der Waals surface area contributed by atoms with Crippen molar-refractivity contribution >= 4 is 18.3 Å². The second kappa shape index (κ2) is 17.9. The van der Waals surface area contributed by atoms with Gasteiger partial charge in [-0.15, -0.1) is 0 Å². The standard InChI is InChI=1S/C27H29F6N6O.C7H11O2.U/c1-4-22-9-24(10-23(5-2)39(22)16-40)38(25-34-11-18(12-35-25)19-13-36-37(3)15-19)14-17-6-20(26(28,29)30)8-21(7-17)27(31,32)33;8-7(9)6-4-2-1-3-5-6;/h6-8,11-13,15,22-24H,4-5,9-10,14H2,1-3H3;1,6H,2-5H2,(H,8,9);/q2*-1;+2/t22-,23?,24?;;/m1../s1. The minimum absolute atomic E-state index is 0. The summed E-state index contributed by atoms with van der Waals surface area (Å²) in [6.45, 7) is 3.54. The minimum atomic E-state index is -4.96. The molecule has 50 heavy (non-hydrogen) atoms. The number of aryl methyl sites for hydroxylation is 1. The number of anilines is 1. The molecule has 1 aliphatic carbocycles. The topological polar surface area (TPSA) is 104 Å². The van der Waals surface area contributed by atoms with Gasteiger partial charge < -0.3 is 26.1 Å². The van der Waals surface area contributed by atoms with Crippen molar-refractivity contribution in [3.63, 3.8) is 0 Å². The molecule has 1 amide bonds. The first-order valence-electron chi connectivity index (χ1n) is 16.2. The Balaban J connectivity index is 0.000000588. The molecule has 0 radical (unpaired) electrons. The van der Waals surface area contributed by atoms with Gasteiger partial charge in [0.25, 0.3) is 0 Å². The van der Waals surface area contributed by atoms with Gasteiger partial charge in [0.05, 0.1) is 23.2 Å². The van der Waals surface area contributed by atoms with Gasteiger partial charge in [-0.3, -0.25) is 9.48 Å². The van der Waals surface area contributed by atoms with Crippen molar-refractivity contribution in [1.29, 1.82) is 0 Å². The molecule has 1 aromatic carbocycles. The Labute approximate surface area is 311 Å². The van der Waals surface area contributed by atoms with Crippen molar-refractivity contribution in [2.75, 3.05) is 4.90 Å². The van der Waals surface area contributed by atoms with Crippen LogP contribution in [-0.4, -0.2) is 60.3 Å². The maximum atomic E-state index is 13.6. The number of nitrogens with zero attached hydrogens (tertiary/aromatic N) is 6. The zero-order valence-corrected chi connectivity index (χ0v) is 32.2. The molecule has 5 rings (SSSR count). The van der Waals surface area contributed by atoms with Gasteiger partial charge in [0, 0.05) is 61.4 Å². The Kier molecular flexibility index (Phi) is 14.8. The van der Waals surface area contributed by atoms with E-state index < -0.39 is 29.4 Å². The normalized spacial score (nSPS) is 19.9. The van der Waals surface area contributed by atoms with Gasteiger partial charge in [-0.2, -0.15) is 50.7 Å². The van der Waals surface area contributed by atoms with E-state index in [2.05, 4.69) is 21.5 Å². The second-order valence-corrected chi connectivity index (χ2v) is 12.4. The van der Waals surface area contributed by atoms with Crippen LogP contribution in [0, 0.1) is 43.5 Å². The molecule has 2 aromatic heterocycles. The Morgan fingerprint density at radius 1 is 0.940 bits per heavy atom. The number of aromatic nitrogens is 4. The molecule has 1 N–H and O–H groups in total. The maximum absolute atomic E-state index is 13.6. The summed E-state index contributed by atoms with van der Waals surface area (Å²) in [7, 11) is 1.75. The van der Waals surface area contributed by atoms with Crippen molar-refractivity contribution in [3.8, 4) is 11.1 Å². The number of halogens is 6.